The lowest BCUT2D eigenvalue weighted by Gasteiger charge is -2.16. The minimum atomic E-state index is -4.71. The van der Waals surface area contributed by atoms with E-state index in [0.29, 0.717) is 18.7 Å². The highest BCUT2D eigenvalue weighted by Gasteiger charge is 2.31. The van der Waals surface area contributed by atoms with Gasteiger partial charge in [0.2, 0.25) is 0 Å². The van der Waals surface area contributed by atoms with E-state index in [1.165, 1.54) is 24.3 Å². The minimum Gasteiger partial charge on any atom is -0.406 e. The molecule has 7 heteroatoms. The fourth-order valence-corrected chi connectivity index (χ4v) is 2.90. The van der Waals surface area contributed by atoms with Gasteiger partial charge in [0.25, 0.3) is 5.91 Å². The molecule has 1 heterocycles. The molecule has 1 aliphatic rings. The Morgan fingerprint density at radius 2 is 1.83 bits per heavy atom. The van der Waals surface area contributed by atoms with Crippen molar-refractivity contribution in [1.29, 1.82) is 0 Å². The van der Waals surface area contributed by atoms with E-state index in [-0.39, 0.29) is 11.7 Å². The predicted octanol–water partition coefficient (Wildman–Crippen LogP) is 4.50. The van der Waals surface area contributed by atoms with Crippen LogP contribution < -0.4 is 4.74 Å². The van der Waals surface area contributed by atoms with E-state index in [4.69, 9.17) is 0 Å². The van der Waals surface area contributed by atoms with Gasteiger partial charge in [-0.15, -0.1) is 13.2 Å². The fraction of sp³-hybridized carbons (Fsp3) is 0.188. The van der Waals surface area contributed by atoms with Gasteiger partial charge in [-0.2, -0.15) is 0 Å². The van der Waals surface area contributed by atoms with E-state index in [1.54, 1.807) is 11.0 Å². The third kappa shape index (κ3) is 3.67. The van der Waals surface area contributed by atoms with Crippen molar-refractivity contribution in [2.75, 3.05) is 0 Å². The van der Waals surface area contributed by atoms with Gasteiger partial charge in [0, 0.05) is 23.1 Å². The number of ether oxygens (including phenoxy) is 1. The van der Waals surface area contributed by atoms with Gasteiger partial charge in [-0.3, -0.25) is 4.79 Å². The molecule has 0 bridgehead atoms. The molecule has 0 fully saturated rings. The summed E-state index contributed by atoms with van der Waals surface area (Å²) in [6.07, 6.45) is -4.71. The van der Waals surface area contributed by atoms with Gasteiger partial charge in [0.15, 0.2) is 0 Å². The average molecular weight is 386 g/mol. The zero-order valence-corrected chi connectivity index (χ0v) is 13.3. The maximum absolute atomic E-state index is 12.3. The molecule has 0 atom stereocenters. The van der Waals surface area contributed by atoms with E-state index in [1.807, 2.05) is 12.1 Å². The standard InChI is InChI=1S/C16H11BrF3NO2/c17-12-3-6-14-11(7-12)9-21(15(14)22)8-10-1-4-13(5-2-10)23-16(18,19)20/h1-7H,8-9H2. The Morgan fingerprint density at radius 1 is 1.13 bits per heavy atom. The summed E-state index contributed by atoms with van der Waals surface area (Å²) in [7, 11) is 0. The number of carbonyl (C=O) groups is 1. The first kappa shape index (κ1) is 15.9. The Kier molecular flexibility index (Phi) is 4.06. The van der Waals surface area contributed by atoms with Crippen molar-refractivity contribution in [3.8, 4) is 5.75 Å². The number of rotatable bonds is 3. The zero-order valence-electron chi connectivity index (χ0n) is 11.7. The molecule has 0 saturated carbocycles. The number of halogens is 4. The number of hydrogen-bond donors (Lipinski definition) is 0. The highest BCUT2D eigenvalue weighted by Crippen LogP contribution is 2.28. The minimum absolute atomic E-state index is 0.0804. The number of carbonyl (C=O) groups excluding carboxylic acids is 1. The van der Waals surface area contributed by atoms with Crippen LogP contribution in [-0.4, -0.2) is 17.2 Å². The van der Waals surface area contributed by atoms with Crippen molar-refractivity contribution in [1.82, 2.24) is 4.90 Å². The molecule has 3 rings (SSSR count). The lowest BCUT2D eigenvalue weighted by molar-refractivity contribution is -0.274. The lowest BCUT2D eigenvalue weighted by atomic mass is 10.1. The van der Waals surface area contributed by atoms with Crippen LogP contribution in [0.5, 0.6) is 5.75 Å². The third-order valence-electron chi connectivity index (χ3n) is 3.48. The Morgan fingerprint density at radius 3 is 2.48 bits per heavy atom. The zero-order chi connectivity index (χ0) is 16.6. The molecular formula is C16H11BrF3NO2. The lowest BCUT2D eigenvalue weighted by Crippen LogP contribution is -2.23. The van der Waals surface area contributed by atoms with Gasteiger partial charge in [0.1, 0.15) is 5.75 Å². The van der Waals surface area contributed by atoms with Crippen LogP contribution in [0, 0.1) is 0 Å². The Labute approximate surface area is 138 Å². The number of nitrogens with zero attached hydrogens (tertiary/aromatic N) is 1. The first-order valence-electron chi connectivity index (χ1n) is 6.74. The molecule has 0 radical (unpaired) electrons. The predicted molar refractivity (Wildman–Crippen MR) is 80.8 cm³/mol. The number of alkyl halides is 3. The van der Waals surface area contributed by atoms with Crippen LogP contribution in [0.2, 0.25) is 0 Å². The van der Waals surface area contributed by atoms with E-state index >= 15 is 0 Å². The number of benzene rings is 2. The molecular weight excluding hydrogens is 375 g/mol. The summed E-state index contributed by atoms with van der Waals surface area (Å²) in [6.45, 7) is 0.811. The Balaban J connectivity index is 1.70. The smallest absolute Gasteiger partial charge is 0.406 e. The summed E-state index contributed by atoms with van der Waals surface area (Å²) in [5, 5.41) is 0. The summed E-state index contributed by atoms with van der Waals surface area (Å²) < 4.78 is 41.1. The van der Waals surface area contributed by atoms with E-state index in [2.05, 4.69) is 20.7 Å². The normalized spacial score (nSPS) is 14.1. The van der Waals surface area contributed by atoms with Crippen LogP contribution in [0.4, 0.5) is 13.2 Å². The number of fused-ring (bicyclic) bond motifs is 1. The maximum atomic E-state index is 12.3. The van der Waals surface area contributed by atoms with Gasteiger partial charge in [-0.05, 0) is 41.5 Å². The molecule has 1 amide bonds. The molecule has 23 heavy (non-hydrogen) atoms. The fourth-order valence-electron chi connectivity index (χ4n) is 2.49. The third-order valence-corrected chi connectivity index (χ3v) is 3.97. The second-order valence-corrected chi connectivity index (χ2v) is 6.07. The van der Waals surface area contributed by atoms with Crippen molar-refractivity contribution in [3.63, 3.8) is 0 Å². The molecule has 0 N–H and O–H groups in total. The monoisotopic (exact) mass is 385 g/mol. The molecule has 0 unspecified atom stereocenters. The second-order valence-electron chi connectivity index (χ2n) is 5.15. The quantitative estimate of drug-likeness (QED) is 0.778. The topological polar surface area (TPSA) is 29.5 Å². The summed E-state index contributed by atoms with van der Waals surface area (Å²) in [6, 6.07) is 11.0. The second kappa shape index (κ2) is 5.88. The molecule has 0 saturated heterocycles. The van der Waals surface area contributed by atoms with Crippen LogP contribution in [0.25, 0.3) is 0 Å². The first-order chi connectivity index (χ1) is 10.8. The van der Waals surface area contributed by atoms with Gasteiger partial charge in [0.05, 0.1) is 0 Å². The SMILES string of the molecule is O=C1c2ccc(Br)cc2CN1Cc1ccc(OC(F)(F)F)cc1. The van der Waals surface area contributed by atoms with Crippen molar-refractivity contribution >= 4 is 21.8 Å². The average Bonchev–Trinajstić information content (AvgIpc) is 2.75. The Bertz CT molecular complexity index is 744. The van der Waals surface area contributed by atoms with Crippen LogP contribution in [0.1, 0.15) is 21.5 Å². The molecule has 120 valence electrons. The van der Waals surface area contributed by atoms with E-state index < -0.39 is 6.36 Å². The molecule has 3 nitrogen and oxygen atoms in total. The van der Waals surface area contributed by atoms with Crippen molar-refractivity contribution in [2.45, 2.75) is 19.5 Å². The molecule has 1 aliphatic heterocycles. The van der Waals surface area contributed by atoms with E-state index in [9.17, 15) is 18.0 Å². The summed E-state index contributed by atoms with van der Waals surface area (Å²) >= 11 is 3.37. The molecule has 0 aliphatic carbocycles. The van der Waals surface area contributed by atoms with Crippen LogP contribution in [0.3, 0.4) is 0 Å². The van der Waals surface area contributed by atoms with Crippen LogP contribution in [0.15, 0.2) is 46.9 Å². The Hall–Kier alpha value is -2.02. The molecule has 0 spiro atoms. The van der Waals surface area contributed by atoms with Crippen molar-refractivity contribution in [2.24, 2.45) is 0 Å². The summed E-state index contributed by atoms with van der Waals surface area (Å²) in [4.78, 5) is 14.0. The highest BCUT2D eigenvalue weighted by atomic mass is 79.9. The highest BCUT2D eigenvalue weighted by molar-refractivity contribution is 9.10. The molecule has 2 aromatic rings. The largest absolute Gasteiger partial charge is 0.573 e. The van der Waals surface area contributed by atoms with Gasteiger partial charge >= 0.3 is 6.36 Å². The van der Waals surface area contributed by atoms with Crippen molar-refractivity contribution in [3.05, 3.63) is 63.6 Å². The summed E-state index contributed by atoms with van der Waals surface area (Å²) in [5.41, 5.74) is 2.33. The first-order valence-corrected chi connectivity index (χ1v) is 7.53. The van der Waals surface area contributed by atoms with Gasteiger partial charge in [-0.1, -0.05) is 28.1 Å². The van der Waals surface area contributed by atoms with Crippen molar-refractivity contribution < 1.29 is 22.7 Å². The molecule has 0 aromatic heterocycles. The van der Waals surface area contributed by atoms with E-state index in [0.717, 1.165) is 15.6 Å². The van der Waals surface area contributed by atoms with Crippen LogP contribution >= 0.6 is 15.9 Å². The number of hydrogen-bond acceptors (Lipinski definition) is 2. The maximum Gasteiger partial charge on any atom is 0.573 e. The molecule has 2 aromatic carbocycles. The number of amides is 1. The summed E-state index contributed by atoms with van der Waals surface area (Å²) in [5.74, 6) is -0.357. The van der Waals surface area contributed by atoms with Gasteiger partial charge < -0.3 is 9.64 Å². The van der Waals surface area contributed by atoms with Gasteiger partial charge in [-0.25, -0.2) is 0 Å². The van der Waals surface area contributed by atoms with Crippen LogP contribution in [-0.2, 0) is 13.1 Å².